The average Bonchev–Trinajstić information content (AvgIpc) is 2.89. The lowest BCUT2D eigenvalue weighted by Gasteiger charge is -2.19. The Hall–Kier alpha value is -3.70. The molecule has 0 saturated heterocycles. The maximum absolute atomic E-state index is 13.8. The van der Waals surface area contributed by atoms with Gasteiger partial charge in [-0.05, 0) is 53.9 Å². The average molecular weight is 513 g/mol. The van der Waals surface area contributed by atoms with Crippen LogP contribution in [-0.4, -0.2) is 48.3 Å². The van der Waals surface area contributed by atoms with Gasteiger partial charge < -0.3 is 31.9 Å². The number of nitrogens with one attached hydrogen (secondary N) is 2. The van der Waals surface area contributed by atoms with E-state index in [4.69, 9.17) is 16.2 Å². The quantitative estimate of drug-likeness (QED) is 0.252. The van der Waals surface area contributed by atoms with Gasteiger partial charge in [0.25, 0.3) is 11.8 Å². The van der Waals surface area contributed by atoms with E-state index >= 15 is 0 Å². The summed E-state index contributed by atoms with van der Waals surface area (Å²) in [7, 11) is 0. The largest absolute Gasteiger partial charge is 0.382 e. The lowest BCUT2D eigenvalue weighted by Crippen LogP contribution is -2.46. The zero-order valence-electron chi connectivity index (χ0n) is 20.1. The van der Waals surface area contributed by atoms with Crippen LogP contribution in [0.25, 0.3) is 0 Å². The number of aliphatic hydroxyl groups excluding tert-OH is 1. The Bertz CT molecular complexity index is 1200. The van der Waals surface area contributed by atoms with Crippen LogP contribution in [0.2, 0.25) is 0 Å². The molecule has 0 heterocycles. The molecule has 0 aromatic heterocycles. The van der Waals surface area contributed by atoms with E-state index in [-0.39, 0.29) is 36.4 Å². The monoisotopic (exact) mass is 512 g/mol. The molecule has 3 unspecified atom stereocenters. The molecule has 3 aromatic rings. The minimum Gasteiger partial charge on any atom is -0.382 e. The molecule has 7 N–H and O–H groups in total. The van der Waals surface area contributed by atoms with Gasteiger partial charge in [0.1, 0.15) is 17.7 Å². The van der Waals surface area contributed by atoms with Crippen molar-refractivity contribution in [3.8, 4) is 0 Å². The lowest BCUT2D eigenvalue weighted by molar-refractivity contribution is -0.125. The fourth-order valence-corrected chi connectivity index (χ4v) is 3.51. The number of rotatable bonds is 12. The summed E-state index contributed by atoms with van der Waals surface area (Å²) in [6.45, 7) is 0.272. The Kier molecular flexibility index (Phi) is 10.2. The Morgan fingerprint density at radius 1 is 0.973 bits per heavy atom. The molecule has 0 spiro atoms. The van der Waals surface area contributed by atoms with E-state index in [0.717, 1.165) is 23.8 Å². The summed E-state index contributed by atoms with van der Waals surface area (Å²) in [5.74, 6) is -2.36. The standard InChI is InChI=1S/C27H30F2N4O4/c28-20-9-10-23(29)19(11-20)12-21(30)14-32-26(35)18-7-4-8-22(13-18)33-27(36)25(34)24(31)16-37-15-17-5-2-1-3-6-17/h1-11,13,21,24-25,34H,12,14-16,30-31H2,(H,32,35)(H,33,36). The van der Waals surface area contributed by atoms with Crippen molar-refractivity contribution < 1.29 is 28.2 Å². The molecule has 0 radical (unpaired) electrons. The minimum atomic E-state index is -1.53. The van der Waals surface area contributed by atoms with Crippen LogP contribution in [0, 0.1) is 11.6 Å². The van der Waals surface area contributed by atoms with Gasteiger partial charge in [0, 0.05) is 23.8 Å². The molecule has 0 bridgehead atoms. The van der Waals surface area contributed by atoms with Crippen molar-refractivity contribution in [2.45, 2.75) is 31.2 Å². The number of carbonyl (C=O) groups excluding carboxylic acids is 2. The van der Waals surface area contributed by atoms with Crippen LogP contribution >= 0.6 is 0 Å². The summed E-state index contributed by atoms with van der Waals surface area (Å²) in [5, 5.41) is 15.4. The number of carbonyl (C=O) groups is 2. The van der Waals surface area contributed by atoms with Crippen LogP contribution in [0.3, 0.4) is 0 Å². The van der Waals surface area contributed by atoms with E-state index in [9.17, 15) is 23.5 Å². The van der Waals surface area contributed by atoms with Gasteiger partial charge in [-0.3, -0.25) is 9.59 Å². The van der Waals surface area contributed by atoms with Gasteiger partial charge in [-0.25, -0.2) is 8.78 Å². The molecule has 0 fully saturated rings. The van der Waals surface area contributed by atoms with E-state index < -0.39 is 41.6 Å². The van der Waals surface area contributed by atoms with Crippen molar-refractivity contribution in [1.29, 1.82) is 0 Å². The predicted molar refractivity (Wildman–Crippen MR) is 136 cm³/mol. The smallest absolute Gasteiger partial charge is 0.254 e. The van der Waals surface area contributed by atoms with Gasteiger partial charge in [0.15, 0.2) is 0 Å². The highest BCUT2D eigenvalue weighted by atomic mass is 19.1. The number of benzene rings is 3. The Morgan fingerprint density at radius 2 is 1.73 bits per heavy atom. The van der Waals surface area contributed by atoms with Gasteiger partial charge >= 0.3 is 0 Å². The highest BCUT2D eigenvalue weighted by molar-refractivity contribution is 5.98. The van der Waals surface area contributed by atoms with Crippen LogP contribution in [0.5, 0.6) is 0 Å². The number of hydrogen-bond donors (Lipinski definition) is 5. The first-order valence-electron chi connectivity index (χ1n) is 11.7. The first kappa shape index (κ1) is 27.9. The number of amides is 2. The summed E-state index contributed by atoms with van der Waals surface area (Å²) in [5.41, 5.74) is 13.4. The second-order valence-corrected chi connectivity index (χ2v) is 8.59. The zero-order valence-corrected chi connectivity index (χ0v) is 20.1. The second-order valence-electron chi connectivity index (χ2n) is 8.59. The molecule has 3 aromatic carbocycles. The fourth-order valence-electron chi connectivity index (χ4n) is 3.51. The summed E-state index contributed by atoms with van der Waals surface area (Å²) < 4.78 is 32.6. The lowest BCUT2D eigenvalue weighted by atomic mass is 10.1. The summed E-state index contributed by atoms with van der Waals surface area (Å²) in [6, 6.07) is 17.0. The summed E-state index contributed by atoms with van der Waals surface area (Å²) in [6.07, 6.45) is -1.50. The van der Waals surface area contributed by atoms with Gasteiger partial charge in [-0.1, -0.05) is 36.4 Å². The number of ether oxygens (including phenoxy) is 1. The summed E-state index contributed by atoms with van der Waals surface area (Å²) >= 11 is 0. The molecule has 2 amide bonds. The van der Waals surface area contributed by atoms with Gasteiger partial charge in [0.05, 0.1) is 19.3 Å². The first-order valence-corrected chi connectivity index (χ1v) is 11.7. The van der Waals surface area contributed by atoms with Gasteiger partial charge in [-0.15, -0.1) is 0 Å². The molecule has 3 atom stereocenters. The van der Waals surface area contributed by atoms with Crippen molar-refractivity contribution in [1.82, 2.24) is 5.32 Å². The Balaban J connectivity index is 1.47. The molecular weight excluding hydrogens is 482 g/mol. The van der Waals surface area contributed by atoms with Crippen molar-refractivity contribution in [2.75, 3.05) is 18.5 Å². The molecule has 37 heavy (non-hydrogen) atoms. The van der Waals surface area contributed by atoms with E-state index in [1.165, 1.54) is 12.1 Å². The van der Waals surface area contributed by atoms with Gasteiger partial charge in [-0.2, -0.15) is 0 Å². The molecule has 3 rings (SSSR count). The number of aliphatic hydroxyl groups is 1. The third-order valence-corrected chi connectivity index (χ3v) is 5.50. The highest BCUT2D eigenvalue weighted by Crippen LogP contribution is 2.13. The predicted octanol–water partition coefficient (Wildman–Crippen LogP) is 2.11. The van der Waals surface area contributed by atoms with Crippen LogP contribution < -0.4 is 22.1 Å². The number of hydrogen-bond acceptors (Lipinski definition) is 6. The van der Waals surface area contributed by atoms with Crippen LogP contribution in [-0.2, 0) is 22.6 Å². The molecule has 0 saturated carbocycles. The van der Waals surface area contributed by atoms with Crippen molar-refractivity contribution in [3.05, 3.63) is 101 Å². The molecule has 0 aliphatic heterocycles. The third-order valence-electron chi connectivity index (χ3n) is 5.50. The number of anilines is 1. The van der Waals surface area contributed by atoms with Crippen molar-refractivity contribution in [3.63, 3.8) is 0 Å². The SMILES string of the molecule is NC(CNC(=O)c1cccc(NC(=O)C(O)C(N)COCc2ccccc2)c1)Cc1cc(F)ccc1F. The molecular formula is C27H30F2N4O4. The normalized spacial score (nSPS) is 13.4. The number of halogens is 2. The molecule has 0 aliphatic carbocycles. The first-order chi connectivity index (χ1) is 17.7. The van der Waals surface area contributed by atoms with Crippen molar-refractivity contribution >= 4 is 17.5 Å². The van der Waals surface area contributed by atoms with E-state index in [0.29, 0.717) is 6.61 Å². The highest BCUT2D eigenvalue weighted by Gasteiger charge is 2.23. The minimum absolute atomic E-state index is 0.0158. The second kappa shape index (κ2) is 13.6. The van der Waals surface area contributed by atoms with E-state index in [1.54, 1.807) is 12.1 Å². The van der Waals surface area contributed by atoms with E-state index in [1.807, 2.05) is 30.3 Å². The number of nitrogens with two attached hydrogens (primary N) is 2. The maximum atomic E-state index is 13.8. The summed E-state index contributed by atoms with van der Waals surface area (Å²) in [4.78, 5) is 25.0. The van der Waals surface area contributed by atoms with Gasteiger partial charge in [0.2, 0.25) is 0 Å². The van der Waals surface area contributed by atoms with Crippen LogP contribution in [0.4, 0.5) is 14.5 Å². The Labute approximate surface area is 213 Å². The fraction of sp³-hybridized carbons (Fsp3) is 0.259. The van der Waals surface area contributed by atoms with E-state index in [2.05, 4.69) is 10.6 Å². The third kappa shape index (κ3) is 8.72. The molecule has 0 aliphatic rings. The Morgan fingerprint density at radius 3 is 2.49 bits per heavy atom. The molecule has 196 valence electrons. The zero-order chi connectivity index (χ0) is 26.8. The molecule has 8 nitrogen and oxygen atoms in total. The molecule has 10 heteroatoms. The maximum Gasteiger partial charge on any atom is 0.254 e. The van der Waals surface area contributed by atoms with Crippen LogP contribution in [0.1, 0.15) is 21.5 Å². The van der Waals surface area contributed by atoms with Crippen molar-refractivity contribution in [2.24, 2.45) is 11.5 Å². The topological polar surface area (TPSA) is 140 Å². The van der Waals surface area contributed by atoms with Crippen LogP contribution in [0.15, 0.2) is 72.8 Å².